The van der Waals surface area contributed by atoms with Crippen LogP contribution < -0.4 is 5.43 Å². The zero-order valence-corrected chi connectivity index (χ0v) is 22.0. The van der Waals surface area contributed by atoms with Gasteiger partial charge in [0.15, 0.2) is 5.43 Å². The molecule has 1 aliphatic heterocycles. The fraction of sp³-hybridized carbons (Fsp3) is 0.0455. The van der Waals surface area contributed by atoms with E-state index in [4.69, 9.17) is 9.21 Å². The quantitative estimate of drug-likeness (QED) is 0.254. The molecule has 0 amide bonds. The molecule has 0 fully saturated rings. The molecule has 1 aliphatic carbocycles. The van der Waals surface area contributed by atoms with Gasteiger partial charge in [0.2, 0.25) is 0 Å². The molecule has 4 rings (SSSR count). The number of aromatic hydroxyl groups is 1. The van der Waals surface area contributed by atoms with Gasteiger partial charge in [-0.2, -0.15) is 0 Å². The van der Waals surface area contributed by atoms with Crippen LogP contribution in [0.25, 0.3) is 33.4 Å². The summed E-state index contributed by atoms with van der Waals surface area (Å²) < 4.78 is 9.50. The second kappa shape index (κ2) is 11.9. The zero-order valence-electron chi connectivity index (χ0n) is 16.2. The number of hydrogen-bond acceptors (Lipinski definition) is 6. The van der Waals surface area contributed by atoms with Gasteiger partial charge < -0.3 is 24.2 Å². The predicted octanol–water partition coefficient (Wildman–Crippen LogP) is 3.66. The fourth-order valence-electron chi connectivity index (χ4n) is 3.04. The number of carboxylic acid groups (broad SMARTS) is 1. The molecule has 155 valence electrons. The summed E-state index contributed by atoms with van der Waals surface area (Å²) in [6.07, 6.45) is 0. The van der Waals surface area contributed by atoms with Gasteiger partial charge >= 0.3 is 5.97 Å². The van der Waals surface area contributed by atoms with Crippen LogP contribution in [0.15, 0.2) is 69.9 Å². The van der Waals surface area contributed by atoms with Crippen LogP contribution in [0.4, 0.5) is 0 Å². The van der Waals surface area contributed by atoms with Crippen molar-refractivity contribution < 1.29 is 82.7 Å². The summed E-state index contributed by atoms with van der Waals surface area (Å²) in [4.78, 5) is 32.2. The molecule has 0 saturated heterocycles. The number of carbonyl (C=O) groups excluding carboxylic acids is 1. The largest absolute Gasteiger partial charge is 0.655 e. The van der Waals surface area contributed by atoms with Crippen molar-refractivity contribution >= 4 is 23.4 Å². The van der Waals surface area contributed by atoms with E-state index in [0.717, 1.165) is 0 Å². The Kier molecular flexibility index (Phi) is 10.2. The van der Waals surface area contributed by atoms with E-state index in [0.29, 0.717) is 33.4 Å². The number of ether oxygens (including phenoxy) is 1. The Balaban J connectivity index is 0.000000741. The number of fused-ring (bicyclic) bond motifs is 2. The maximum atomic E-state index is 11.7. The SMILES string of the molecule is CO[C-]=O.O=C(O)c1ccccc1-c1c2ccc(=O)cc-2oc2cc(O)ccc12.[W].[Y]. The zero-order chi connectivity index (χ0) is 21.0. The summed E-state index contributed by atoms with van der Waals surface area (Å²) >= 11 is 0. The third-order valence-corrected chi connectivity index (χ3v) is 4.19. The number of benzene rings is 3. The van der Waals surface area contributed by atoms with Crippen molar-refractivity contribution in [3.8, 4) is 28.2 Å². The summed E-state index contributed by atoms with van der Waals surface area (Å²) in [5.74, 6) is -0.691. The Hall–Kier alpha value is -2.34. The third kappa shape index (κ3) is 5.88. The first-order valence-corrected chi connectivity index (χ1v) is 8.38. The summed E-state index contributed by atoms with van der Waals surface area (Å²) in [5.41, 5.74) is 2.10. The van der Waals surface area contributed by atoms with Gasteiger partial charge in [-0.15, -0.1) is 0 Å². The number of aromatic carboxylic acids is 1. The van der Waals surface area contributed by atoms with E-state index < -0.39 is 5.97 Å². The normalized spacial score (nSPS) is 9.58. The Morgan fingerprint density at radius 2 is 1.71 bits per heavy atom. The number of carboxylic acids is 1. The van der Waals surface area contributed by atoms with Gasteiger partial charge in [-0.05, 0) is 35.9 Å². The minimum Gasteiger partial charge on any atom is -0.655 e. The van der Waals surface area contributed by atoms with Crippen LogP contribution in [0.3, 0.4) is 0 Å². The van der Waals surface area contributed by atoms with Crippen molar-refractivity contribution in [2.45, 2.75) is 0 Å². The molecule has 0 aromatic heterocycles. The Morgan fingerprint density at radius 1 is 1.03 bits per heavy atom. The number of rotatable bonds is 3. The summed E-state index contributed by atoms with van der Waals surface area (Å²) in [6.45, 7) is 1.18. The van der Waals surface area contributed by atoms with Crippen LogP contribution >= 0.6 is 0 Å². The standard InChI is InChI=1S/C20H12O5.C2H3O2.W.Y/c21-11-5-7-15-17(9-11)25-18-10-12(22)6-8-16(18)19(15)13-3-1-2-4-14(13)20(23)24;1-4-2-3;;/h1-10,21H,(H,23,24);1H3;;/q;-1;;. The van der Waals surface area contributed by atoms with Gasteiger partial charge in [0.05, 0.1) is 5.56 Å². The Bertz CT molecular complexity index is 1240. The van der Waals surface area contributed by atoms with Crippen molar-refractivity contribution in [2.24, 2.45) is 0 Å². The van der Waals surface area contributed by atoms with Gasteiger partial charge in [-0.3, -0.25) is 4.79 Å². The van der Waals surface area contributed by atoms with E-state index in [1.54, 1.807) is 30.3 Å². The van der Waals surface area contributed by atoms with E-state index in [1.165, 1.54) is 43.9 Å². The molecule has 9 heteroatoms. The number of carbonyl (C=O) groups is 1. The van der Waals surface area contributed by atoms with Gasteiger partial charge in [-0.25, -0.2) is 4.79 Å². The Labute approximate surface area is 216 Å². The molecule has 0 bridgehead atoms. The number of hydrogen-bond donors (Lipinski definition) is 2. The molecule has 0 saturated carbocycles. The first-order chi connectivity index (χ1) is 14.0. The summed E-state index contributed by atoms with van der Waals surface area (Å²) in [7, 11) is 1.26. The molecule has 31 heavy (non-hydrogen) atoms. The molecule has 2 aromatic carbocycles. The molecule has 2 aliphatic rings. The average Bonchev–Trinajstić information content (AvgIpc) is 2.72. The van der Waals surface area contributed by atoms with Gasteiger partial charge in [0, 0.05) is 89.5 Å². The van der Waals surface area contributed by atoms with Crippen molar-refractivity contribution in [2.75, 3.05) is 7.11 Å². The van der Waals surface area contributed by atoms with Gasteiger partial charge in [0.25, 0.3) is 0 Å². The van der Waals surface area contributed by atoms with Gasteiger partial charge in [0.1, 0.15) is 17.1 Å². The van der Waals surface area contributed by atoms with Crippen molar-refractivity contribution in [1.82, 2.24) is 0 Å². The van der Waals surface area contributed by atoms with Crippen molar-refractivity contribution in [3.05, 3.63) is 76.5 Å². The smallest absolute Gasteiger partial charge is 0.336 e. The first-order valence-electron chi connectivity index (χ1n) is 8.38. The minimum absolute atomic E-state index is 0. The van der Waals surface area contributed by atoms with Crippen LogP contribution in [0.1, 0.15) is 10.4 Å². The second-order valence-corrected chi connectivity index (χ2v) is 5.95. The molecule has 0 atom stereocenters. The first kappa shape index (κ1) is 26.7. The maximum absolute atomic E-state index is 11.7. The topological polar surface area (TPSA) is 114 Å². The van der Waals surface area contributed by atoms with Crippen LogP contribution in [0.2, 0.25) is 0 Å². The summed E-state index contributed by atoms with van der Waals surface area (Å²) in [5, 5.41) is 19.9. The van der Waals surface area contributed by atoms with E-state index in [1.807, 2.05) is 0 Å². The molecular weight excluding hydrogens is 649 g/mol. The van der Waals surface area contributed by atoms with E-state index in [9.17, 15) is 19.8 Å². The molecule has 1 radical (unpaired) electrons. The average molecular weight is 664 g/mol. The van der Waals surface area contributed by atoms with Gasteiger partial charge in [-0.1, -0.05) is 24.7 Å². The molecular formula is C22H15O7WY-. The molecule has 2 aromatic rings. The molecule has 2 N–H and O–H groups in total. The van der Waals surface area contributed by atoms with Crippen molar-refractivity contribution in [1.29, 1.82) is 0 Å². The minimum atomic E-state index is -1.04. The van der Waals surface area contributed by atoms with E-state index in [2.05, 4.69) is 4.74 Å². The maximum Gasteiger partial charge on any atom is 0.336 e. The van der Waals surface area contributed by atoms with Crippen LogP contribution in [0.5, 0.6) is 5.75 Å². The van der Waals surface area contributed by atoms with Crippen LogP contribution in [0, 0.1) is 0 Å². The fourth-order valence-corrected chi connectivity index (χ4v) is 3.04. The number of phenolic OH excluding ortho intramolecular Hbond substituents is 1. The summed E-state index contributed by atoms with van der Waals surface area (Å²) in [6, 6.07) is 15.7. The van der Waals surface area contributed by atoms with Crippen molar-refractivity contribution in [3.63, 3.8) is 0 Å². The molecule has 0 spiro atoms. The van der Waals surface area contributed by atoms with Crippen LogP contribution in [-0.4, -0.2) is 29.8 Å². The third-order valence-electron chi connectivity index (χ3n) is 4.19. The second-order valence-electron chi connectivity index (χ2n) is 5.95. The molecule has 1 heterocycles. The predicted molar refractivity (Wildman–Crippen MR) is 106 cm³/mol. The van der Waals surface area contributed by atoms with E-state index in [-0.39, 0.29) is 70.5 Å². The molecule has 0 unspecified atom stereocenters. The van der Waals surface area contributed by atoms with Crippen LogP contribution in [-0.2, 0) is 63.3 Å². The molecule has 7 nitrogen and oxygen atoms in total. The van der Waals surface area contributed by atoms with E-state index >= 15 is 0 Å². The monoisotopic (exact) mass is 664 g/mol. The Morgan fingerprint density at radius 3 is 2.35 bits per heavy atom. The number of phenols is 1. The number of methoxy groups -OCH3 is 1.